The van der Waals surface area contributed by atoms with Crippen molar-refractivity contribution in [3.63, 3.8) is 0 Å². The topological polar surface area (TPSA) is 17.1 Å². The minimum atomic E-state index is 0. The maximum atomic E-state index is 7.81. The van der Waals surface area contributed by atoms with Crippen LogP contribution in [0.5, 0.6) is 0 Å². The molecule has 0 N–H and O–H groups in total. The summed E-state index contributed by atoms with van der Waals surface area (Å²) >= 11 is 2.94. The first-order chi connectivity index (χ1) is 1.00. The van der Waals surface area contributed by atoms with Gasteiger partial charge in [-0.2, -0.15) is 0 Å². The molecule has 0 radical (unpaired) electrons. The average Bonchev–Trinajstić information content (AvgIpc) is 1.00. The minimum Gasteiger partial charge on any atom is 2.00 e. The second-order valence-electron chi connectivity index (χ2n) is 0. The van der Waals surface area contributed by atoms with Gasteiger partial charge in [-0.15, -0.1) is 0 Å². The third-order valence-electron chi connectivity index (χ3n) is 0. The third-order valence-corrected chi connectivity index (χ3v) is 0. The minimum absolute atomic E-state index is 0. The van der Waals surface area contributed by atoms with Crippen LogP contribution in [0.1, 0.15) is 8.56 Å². The van der Waals surface area contributed by atoms with Gasteiger partial charge in [0, 0.05) is 0 Å². The molecule has 0 fully saturated rings. The molecular weight excluding hydrogens is 345 g/mol. The summed E-state index contributed by atoms with van der Waals surface area (Å²) < 4.78 is 7.81. The molecule has 1 nitrogen and oxygen atoms in total. The third kappa shape index (κ3) is 17.7. The Hall–Kier alpha value is 4.63. The Kier molecular flexibility index (Phi) is 106. The molecule has 0 saturated carbocycles. The number of hydrogen-bond donors (Lipinski definition) is 0. The van der Waals surface area contributed by atoms with Crippen LogP contribution in [0, 0.1) is 0 Å². The SMILES string of the molecule is [Ba+2].[Ca+2].[H-].[H-].[H-].[H-].[H-].[H-].[O]=[Cu].[Sr+2]. The summed E-state index contributed by atoms with van der Waals surface area (Å²) in [5.74, 6) is 0. The van der Waals surface area contributed by atoms with Crippen LogP contribution in [0.15, 0.2) is 0 Å². The van der Waals surface area contributed by atoms with Crippen LogP contribution in [0.25, 0.3) is 0 Å². The molecule has 0 spiro atoms. The molecule has 0 saturated heterocycles. The Morgan fingerprint density at radius 2 is 1.40 bits per heavy atom. The monoisotopic (exact) mass is 351 g/mol. The smallest absolute Gasteiger partial charge is 2.00 e. The second-order valence-corrected chi connectivity index (χ2v) is 0. The van der Waals surface area contributed by atoms with E-state index in [0.29, 0.717) is 0 Å². The molecule has 0 aliphatic carbocycles. The van der Waals surface area contributed by atoms with Gasteiger partial charge in [0.2, 0.25) is 0 Å². The van der Waals surface area contributed by atoms with E-state index in [2.05, 4.69) is 15.9 Å². The average molecular weight is 351 g/mol. The maximum Gasteiger partial charge on any atom is 2.00 e. The van der Waals surface area contributed by atoms with Gasteiger partial charge in [-0.05, 0) is 0 Å². The molecule has 0 heterocycles. The zero-order valence-corrected chi connectivity index (χ0v) is 13.9. The Bertz CT molecular complexity index is 22.5. The first-order valence-electron chi connectivity index (χ1n) is 0.123. The zero-order chi connectivity index (χ0) is 2.00. The largest absolute Gasteiger partial charge is 2.00 e. The summed E-state index contributed by atoms with van der Waals surface area (Å²) in [5.41, 5.74) is 0. The summed E-state index contributed by atoms with van der Waals surface area (Å²) in [7, 11) is 0. The summed E-state index contributed by atoms with van der Waals surface area (Å²) in [4.78, 5) is 0. The molecule has 0 aromatic rings. The summed E-state index contributed by atoms with van der Waals surface area (Å²) in [6, 6.07) is 0. The van der Waals surface area contributed by atoms with E-state index in [1.54, 1.807) is 0 Å². The molecule has 29 valence electrons. The fourth-order valence-corrected chi connectivity index (χ4v) is 0. The maximum absolute atomic E-state index is 7.81. The van der Waals surface area contributed by atoms with Gasteiger partial charge in [-0.25, -0.2) is 0 Å². The van der Waals surface area contributed by atoms with Crippen molar-refractivity contribution in [3.8, 4) is 0 Å². The van der Waals surface area contributed by atoms with Crippen LogP contribution < -0.4 is 0 Å². The van der Waals surface area contributed by atoms with E-state index < -0.39 is 0 Å². The molecule has 0 bridgehead atoms. The quantitative estimate of drug-likeness (QED) is 0.534. The molecule has 0 amide bonds. The molecule has 5 heavy (non-hydrogen) atoms. The van der Waals surface area contributed by atoms with Crippen LogP contribution in [-0.2, 0) is 19.8 Å². The van der Waals surface area contributed by atoms with Crippen molar-refractivity contribution in [2.45, 2.75) is 0 Å². The molecule has 0 aliphatic heterocycles. The summed E-state index contributed by atoms with van der Waals surface area (Å²) in [6.45, 7) is 0. The molecule has 0 aromatic heterocycles. The van der Waals surface area contributed by atoms with Crippen molar-refractivity contribution >= 4 is 132 Å². The summed E-state index contributed by atoms with van der Waals surface area (Å²) in [5, 5.41) is 0. The first kappa shape index (κ1) is 22.6. The van der Waals surface area contributed by atoms with Crippen LogP contribution in [-0.4, -0.2) is 132 Å². The predicted molar refractivity (Wildman–Crippen MR) is 24.6 cm³/mol. The van der Waals surface area contributed by atoms with E-state index in [1.165, 1.54) is 0 Å². The van der Waals surface area contributed by atoms with E-state index in [4.69, 9.17) is 3.83 Å². The van der Waals surface area contributed by atoms with Crippen molar-refractivity contribution in [1.82, 2.24) is 0 Å². The van der Waals surface area contributed by atoms with Crippen molar-refractivity contribution in [2.75, 3.05) is 0 Å². The van der Waals surface area contributed by atoms with Crippen LogP contribution in [0.4, 0.5) is 0 Å². The molecule has 0 aromatic carbocycles. The fourth-order valence-electron chi connectivity index (χ4n) is 0. The zero-order valence-electron chi connectivity index (χ0n) is 8.83. The van der Waals surface area contributed by atoms with Crippen molar-refractivity contribution in [3.05, 3.63) is 0 Å². The van der Waals surface area contributed by atoms with Crippen LogP contribution in [0.2, 0.25) is 0 Å². The normalized spacial score (nSPS) is 1.20. The van der Waals surface area contributed by atoms with Gasteiger partial charge >= 0.3 is 152 Å². The van der Waals surface area contributed by atoms with Gasteiger partial charge in [0.1, 0.15) is 0 Å². The molecular formula is H6BaCaCuOSr. The van der Waals surface area contributed by atoms with Crippen molar-refractivity contribution in [2.24, 2.45) is 0 Å². The van der Waals surface area contributed by atoms with Gasteiger partial charge < -0.3 is 8.56 Å². The molecule has 5 heteroatoms. The number of rotatable bonds is 0. The van der Waals surface area contributed by atoms with Gasteiger partial charge in [0.25, 0.3) is 0 Å². The van der Waals surface area contributed by atoms with E-state index in [-0.39, 0.29) is 141 Å². The Morgan fingerprint density at radius 3 is 1.40 bits per heavy atom. The Balaban J connectivity index is -0.000000000139. The van der Waals surface area contributed by atoms with Gasteiger partial charge in [-0.3, -0.25) is 0 Å². The Morgan fingerprint density at radius 1 is 1.40 bits per heavy atom. The van der Waals surface area contributed by atoms with E-state index in [0.717, 1.165) is 0 Å². The second kappa shape index (κ2) is 23.4. The van der Waals surface area contributed by atoms with Gasteiger partial charge in [0.05, 0.1) is 0 Å². The molecule has 0 unspecified atom stereocenters. The van der Waals surface area contributed by atoms with Crippen molar-refractivity contribution < 1.29 is 28.3 Å². The van der Waals surface area contributed by atoms with E-state index in [1.807, 2.05) is 0 Å². The fraction of sp³-hybridized carbons (Fsp3) is 0. The standard InChI is InChI=1S/Ba.Ca.Cu.O.Sr.6H/q2*+2;;;+2;6*-1. The van der Waals surface area contributed by atoms with Crippen LogP contribution >= 0.6 is 0 Å². The first-order valence-corrected chi connectivity index (χ1v) is 0.508. The van der Waals surface area contributed by atoms with Gasteiger partial charge in [0.15, 0.2) is 0 Å². The molecule has 0 rings (SSSR count). The molecule has 0 aliphatic rings. The molecule has 0 atom stereocenters. The van der Waals surface area contributed by atoms with Crippen LogP contribution in [0.3, 0.4) is 0 Å². The van der Waals surface area contributed by atoms with E-state index >= 15 is 0 Å². The van der Waals surface area contributed by atoms with Gasteiger partial charge in [-0.1, -0.05) is 0 Å². The Labute approximate surface area is 156 Å². The predicted octanol–water partition coefficient (Wildman–Crippen LogP) is -0.589. The van der Waals surface area contributed by atoms with Crippen molar-refractivity contribution in [1.29, 1.82) is 0 Å². The summed E-state index contributed by atoms with van der Waals surface area (Å²) in [6.07, 6.45) is 0. The van der Waals surface area contributed by atoms with E-state index in [9.17, 15) is 0 Å². The number of hydrogen-bond acceptors (Lipinski definition) is 1.